The summed E-state index contributed by atoms with van der Waals surface area (Å²) >= 11 is 5.92. The summed E-state index contributed by atoms with van der Waals surface area (Å²) in [4.78, 5) is 23.5. The standard InChI is InChI=1S/C13H14ClN3O4S/c1-8-11(12(18)17(3)13(19)16(8)2)22(20,21)15-10-7-5-4-6-9(10)14/h4-7,15H,1-3H3. The van der Waals surface area contributed by atoms with E-state index in [1.807, 2.05) is 0 Å². The molecule has 0 amide bonds. The van der Waals surface area contributed by atoms with Gasteiger partial charge < -0.3 is 0 Å². The Bertz CT molecular complexity index is 960. The zero-order valence-corrected chi connectivity index (χ0v) is 13.7. The molecule has 118 valence electrons. The molecule has 0 aliphatic heterocycles. The number of halogens is 1. The van der Waals surface area contributed by atoms with Gasteiger partial charge in [0.2, 0.25) is 0 Å². The van der Waals surface area contributed by atoms with Crippen LogP contribution in [0, 0.1) is 6.92 Å². The maximum Gasteiger partial charge on any atom is 0.330 e. The number of hydrogen-bond acceptors (Lipinski definition) is 4. The molecule has 1 aromatic heterocycles. The second kappa shape index (κ2) is 5.62. The molecule has 2 aromatic rings. The van der Waals surface area contributed by atoms with E-state index in [1.165, 1.54) is 33.2 Å². The summed E-state index contributed by atoms with van der Waals surface area (Å²) in [5.41, 5.74) is -1.29. The van der Waals surface area contributed by atoms with Crippen LogP contribution in [0.3, 0.4) is 0 Å². The van der Waals surface area contributed by atoms with Crippen LogP contribution in [0.2, 0.25) is 5.02 Å². The van der Waals surface area contributed by atoms with E-state index in [0.29, 0.717) is 0 Å². The zero-order chi connectivity index (χ0) is 16.7. The second-order valence-corrected chi connectivity index (χ2v) is 6.73. The minimum atomic E-state index is -4.19. The van der Waals surface area contributed by atoms with E-state index in [-0.39, 0.29) is 16.4 Å². The highest BCUT2D eigenvalue weighted by Gasteiger charge is 2.25. The zero-order valence-electron chi connectivity index (χ0n) is 12.1. The predicted molar refractivity (Wildman–Crippen MR) is 83.9 cm³/mol. The summed E-state index contributed by atoms with van der Waals surface area (Å²) in [6.45, 7) is 1.39. The van der Waals surface area contributed by atoms with Crippen molar-refractivity contribution in [2.24, 2.45) is 14.1 Å². The maximum atomic E-state index is 12.5. The lowest BCUT2D eigenvalue weighted by Crippen LogP contribution is -2.42. The number of nitrogens with one attached hydrogen (secondary N) is 1. The highest BCUT2D eigenvalue weighted by molar-refractivity contribution is 7.92. The second-order valence-electron chi connectivity index (χ2n) is 4.71. The Balaban J connectivity index is 2.69. The summed E-state index contributed by atoms with van der Waals surface area (Å²) in [5.74, 6) is 0. The van der Waals surface area contributed by atoms with Crippen molar-refractivity contribution >= 4 is 27.3 Å². The van der Waals surface area contributed by atoms with Gasteiger partial charge in [0.15, 0.2) is 4.90 Å². The number of nitrogens with zero attached hydrogens (tertiary/aromatic N) is 2. The Kier molecular flexibility index (Phi) is 4.17. The minimum Gasteiger partial charge on any atom is -0.300 e. The van der Waals surface area contributed by atoms with E-state index in [9.17, 15) is 18.0 Å². The summed E-state index contributed by atoms with van der Waals surface area (Å²) in [6.07, 6.45) is 0. The smallest absolute Gasteiger partial charge is 0.300 e. The number of rotatable bonds is 3. The fourth-order valence-electron chi connectivity index (χ4n) is 1.96. The number of para-hydroxylation sites is 1. The number of hydrogen-bond donors (Lipinski definition) is 1. The van der Waals surface area contributed by atoms with Crippen LogP contribution in [-0.4, -0.2) is 17.6 Å². The van der Waals surface area contributed by atoms with Gasteiger partial charge in [-0.3, -0.25) is 18.7 Å². The van der Waals surface area contributed by atoms with Gasteiger partial charge in [-0.05, 0) is 19.1 Å². The summed E-state index contributed by atoms with van der Waals surface area (Å²) in [6, 6.07) is 6.25. The fourth-order valence-corrected chi connectivity index (χ4v) is 3.67. The van der Waals surface area contributed by atoms with Crippen molar-refractivity contribution in [1.29, 1.82) is 0 Å². The SMILES string of the molecule is Cc1c(S(=O)(=O)Nc2ccccc2Cl)c(=O)n(C)c(=O)n1C. The molecule has 0 saturated heterocycles. The Morgan fingerprint density at radius 2 is 1.68 bits per heavy atom. The van der Waals surface area contributed by atoms with Gasteiger partial charge in [0.1, 0.15) is 0 Å². The lowest BCUT2D eigenvalue weighted by atomic mass is 10.3. The number of benzene rings is 1. The molecule has 0 aliphatic carbocycles. The number of anilines is 1. The van der Waals surface area contributed by atoms with Gasteiger partial charge >= 0.3 is 5.69 Å². The average Bonchev–Trinajstić information content (AvgIpc) is 2.45. The highest BCUT2D eigenvalue weighted by atomic mass is 35.5. The molecule has 0 unspecified atom stereocenters. The van der Waals surface area contributed by atoms with Crippen LogP contribution >= 0.6 is 11.6 Å². The molecule has 1 heterocycles. The van der Waals surface area contributed by atoms with Crippen molar-refractivity contribution in [2.75, 3.05) is 4.72 Å². The van der Waals surface area contributed by atoms with Crippen LogP contribution < -0.4 is 16.0 Å². The first-order valence-electron chi connectivity index (χ1n) is 6.21. The molecule has 0 radical (unpaired) electrons. The molecule has 0 aliphatic rings. The quantitative estimate of drug-likeness (QED) is 0.894. The average molecular weight is 344 g/mol. The molecule has 7 nitrogen and oxygen atoms in total. The normalized spacial score (nSPS) is 11.5. The third-order valence-electron chi connectivity index (χ3n) is 3.29. The van der Waals surface area contributed by atoms with Crippen molar-refractivity contribution in [3.63, 3.8) is 0 Å². The van der Waals surface area contributed by atoms with E-state index in [1.54, 1.807) is 12.1 Å². The van der Waals surface area contributed by atoms with Gasteiger partial charge in [-0.2, -0.15) is 0 Å². The van der Waals surface area contributed by atoms with E-state index in [2.05, 4.69) is 4.72 Å². The molecule has 9 heteroatoms. The number of aromatic nitrogens is 2. The van der Waals surface area contributed by atoms with Crippen molar-refractivity contribution < 1.29 is 8.42 Å². The van der Waals surface area contributed by atoms with Gasteiger partial charge in [-0.25, -0.2) is 13.2 Å². The Labute approximate surface area is 131 Å². The van der Waals surface area contributed by atoms with Gasteiger partial charge in [-0.1, -0.05) is 23.7 Å². The summed E-state index contributed by atoms with van der Waals surface area (Å²) in [5, 5.41) is 0.199. The molecule has 0 atom stereocenters. The van der Waals surface area contributed by atoms with Crippen molar-refractivity contribution in [3.8, 4) is 0 Å². The van der Waals surface area contributed by atoms with Gasteiger partial charge in [0.25, 0.3) is 15.6 Å². The molecule has 0 spiro atoms. The number of sulfonamides is 1. The van der Waals surface area contributed by atoms with E-state index < -0.39 is 26.2 Å². The molecule has 1 aromatic carbocycles. The Morgan fingerprint density at radius 1 is 1.09 bits per heavy atom. The fraction of sp³-hybridized carbons (Fsp3) is 0.231. The van der Waals surface area contributed by atoms with E-state index in [0.717, 1.165) is 9.13 Å². The van der Waals surface area contributed by atoms with Crippen LogP contribution in [0.4, 0.5) is 5.69 Å². The molecule has 1 N–H and O–H groups in total. The first-order valence-corrected chi connectivity index (χ1v) is 8.07. The van der Waals surface area contributed by atoms with E-state index >= 15 is 0 Å². The molecule has 22 heavy (non-hydrogen) atoms. The summed E-state index contributed by atoms with van der Waals surface area (Å²) < 4.78 is 29.1. The molecule has 0 fully saturated rings. The monoisotopic (exact) mass is 343 g/mol. The highest BCUT2D eigenvalue weighted by Crippen LogP contribution is 2.23. The van der Waals surface area contributed by atoms with Crippen LogP contribution in [0.5, 0.6) is 0 Å². The van der Waals surface area contributed by atoms with Gasteiger partial charge in [-0.15, -0.1) is 0 Å². The molecule has 0 bridgehead atoms. The Morgan fingerprint density at radius 3 is 2.27 bits per heavy atom. The van der Waals surface area contributed by atoms with E-state index in [4.69, 9.17) is 11.6 Å². The lowest BCUT2D eigenvalue weighted by molar-refractivity contribution is 0.583. The maximum absolute atomic E-state index is 12.5. The molecular formula is C13H14ClN3O4S. The first-order chi connectivity index (χ1) is 10.2. The van der Waals surface area contributed by atoms with Crippen molar-refractivity contribution in [1.82, 2.24) is 9.13 Å². The largest absolute Gasteiger partial charge is 0.330 e. The van der Waals surface area contributed by atoms with Gasteiger partial charge in [0.05, 0.1) is 10.7 Å². The minimum absolute atomic E-state index is 0.0488. The Hall–Kier alpha value is -2.06. The van der Waals surface area contributed by atoms with Crippen molar-refractivity contribution in [2.45, 2.75) is 11.8 Å². The van der Waals surface area contributed by atoms with Crippen LogP contribution in [0.1, 0.15) is 5.69 Å². The predicted octanol–water partition coefficient (Wildman–Crippen LogP) is 0.847. The molecule has 2 rings (SSSR count). The summed E-state index contributed by atoms with van der Waals surface area (Å²) in [7, 11) is -1.57. The first kappa shape index (κ1) is 16.3. The molecular weight excluding hydrogens is 330 g/mol. The van der Waals surface area contributed by atoms with Crippen LogP contribution in [-0.2, 0) is 24.1 Å². The van der Waals surface area contributed by atoms with Gasteiger partial charge in [0, 0.05) is 19.8 Å². The lowest BCUT2D eigenvalue weighted by Gasteiger charge is -2.14. The topological polar surface area (TPSA) is 90.2 Å². The van der Waals surface area contributed by atoms with Crippen LogP contribution in [0.25, 0.3) is 0 Å². The molecule has 0 saturated carbocycles. The van der Waals surface area contributed by atoms with Crippen LogP contribution in [0.15, 0.2) is 38.8 Å². The van der Waals surface area contributed by atoms with Crippen molar-refractivity contribution in [3.05, 3.63) is 55.8 Å². The third kappa shape index (κ3) is 2.67. The third-order valence-corrected chi connectivity index (χ3v) is 5.12.